The van der Waals surface area contributed by atoms with Gasteiger partial charge in [-0.3, -0.25) is 4.99 Å². The predicted octanol–water partition coefficient (Wildman–Crippen LogP) is 5.30. The number of hydrogen-bond acceptors (Lipinski definition) is 6. The minimum absolute atomic E-state index is 0.162. The van der Waals surface area contributed by atoms with E-state index in [4.69, 9.17) is 19.5 Å². The van der Waals surface area contributed by atoms with Crippen LogP contribution in [0.4, 0.5) is 10.5 Å². The fourth-order valence-corrected chi connectivity index (χ4v) is 5.04. The van der Waals surface area contributed by atoms with Gasteiger partial charge in [-0.1, -0.05) is 19.1 Å². The lowest BCUT2D eigenvalue weighted by Gasteiger charge is -2.35. The molecule has 2 aromatic carbocycles. The SMILES string of the molecule is CCSC1=NC2(CCN(C(=O)Nc3cc(OC)ccc3OC)CC2)N=C1c1ccc(C)c(C)c1. The Morgan fingerprint density at radius 3 is 2.47 bits per heavy atom. The molecular formula is C26H32N4O3S. The zero-order chi connectivity index (χ0) is 24.3. The molecule has 0 unspecified atom stereocenters. The minimum Gasteiger partial charge on any atom is -0.497 e. The largest absolute Gasteiger partial charge is 0.497 e. The van der Waals surface area contributed by atoms with Gasteiger partial charge in [-0.15, -0.1) is 11.8 Å². The van der Waals surface area contributed by atoms with Crippen LogP contribution < -0.4 is 14.8 Å². The third-order valence-corrected chi connectivity index (χ3v) is 7.24. The first kappa shape index (κ1) is 24.1. The fourth-order valence-electron chi connectivity index (χ4n) is 4.23. The highest BCUT2D eigenvalue weighted by atomic mass is 32.2. The highest BCUT2D eigenvalue weighted by Gasteiger charge is 2.40. The molecule has 4 rings (SSSR count). The summed E-state index contributed by atoms with van der Waals surface area (Å²) in [5.74, 6) is 2.19. The normalized spacial score (nSPS) is 16.8. The molecule has 0 saturated carbocycles. The van der Waals surface area contributed by atoms with Crippen molar-refractivity contribution in [2.24, 2.45) is 9.98 Å². The first-order chi connectivity index (χ1) is 16.4. The third kappa shape index (κ3) is 4.92. The first-order valence-corrected chi connectivity index (χ1v) is 12.5. The van der Waals surface area contributed by atoms with E-state index < -0.39 is 5.66 Å². The Morgan fingerprint density at radius 1 is 1.06 bits per heavy atom. The maximum Gasteiger partial charge on any atom is 0.321 e. The first-order valence-electron chi connectivity index (χ1n) is 11.6. The van der Waals surface area contributed by atoms with Gasteiger partial charge >= 0.3 is 6.03 Å². The molecule has 180 valence electrons. The van der Waals surface area contributed by atoms with E-state index in [2.05, 4.69) is 44.3 Å². The van der Waals surface area contributed by atoms with Gasteiger partial charge in [-0.05, 0) is 48.9 Å². The molecule has 2 amide bonds. The summed E-state index contributed by atoms with van der Waals surface area (Å²) < 4.78 is 10.7. The molecule has 1 fully saturated rings. The van der Waals surface area contributed by atoms with Crippen LogP contribution in [0.25, 0.3) is 0 Å². The van der Waals surface area contributed by atoms with E-state index in [9.17, 15) is 4.79 Å². The second kappa shape index (κ2) is 10.1. The van der Waals surface area contributed by atoms with Crippen molar-refractivity contribution in [1.29, 1.82) is 0 Å². The number of methoxy groups -OCH3 is 2. The summed E-state index contributed by atoms with van der Waals surface area (Å²) >= 11 is 1.74. The van der Waals surface area contributed by atoms with Crippen LogP contribution in [0.1, 0.15) is 36.5 Å². The average Bonchev–Trinajstić information content (AvgIpc) is 3.18. The van der Waals surface area contributed by atoms with E-state index in [0.717, 1.165) is 22.1 Å². The maximum absolute atomic E-state index is 13.0. The van der Waals surface area contributed by atoms with Gasteiger partial charge in [-0.25, -0.2) is 9.79 Å². The summed E-state index contributed by atoms with van der Waals surface area (Å²) in [6, 6.07) is 11.7. The number of ether oxygens (including phenoxy) is 2. The lowest BCUT2D eigenvalue weighted by molar-refractivity contribution is 0.175. The fraction of sp³-hybridized carbons (Fsp3) is 0.423. The van der Waals surface area contributed by atoms with Crippen molar-refractivity contribution in [3.05, 3.63) is 53.1 Å². The Kier molecular flexibility index (Phi) is 7.16. The van der Waals surface area contributed by atoms with Crippen LogP contribution in [-0.2, 0) is 0 Å². The van der Waals surface area contributed by atoms with Gasteiger partial charge in [0.25, 0.3) is 0 Å². The Hall–Kier alpha value is -3.00. The number of carbonyl (C=O) groups excluding carboxylic acids is 1. The summed E-state index contributed by atoms with van der Waals surface area (Å²) in [5.41, 5.74) is 4.71. The zero-order valence-electron chi connectivity index (χ0n) is 20.5. The lowest BCUT2D eigenvalue weighted by Crippen LogP contribution is -2.46. The lowest BCUT2D eigenvalue weighted by atomic mass is 9.98. The van der Waals surface area contributed by atoms with Crippen LogP contribution in [0.2, 0.25) is 0 Å². The molecule has 2 aliphatic heterocycles. The summed E-state index contributed by atoms with van der Waals surface area (Å²) in [6.07, 6.45) is 1.38. The number of carbonyl (C=O) groups is 1. The molecule has 0 radical (unpaired) electrons. The number of urea groups is 1. The third-order valence-electron chi connectivity index (χ3n) is 6.39. The molecular weight excluding hydrogens is 448 g/mol. The van der Waals surface area contributed by atoms with Crippen molar-refractivity contribution in [2.45, 2.75) is 39.3 Å². The van der Waals surface area contributed by atoms with Crippen molar-refractivity contribution >= 4 is 34.2 Å². The average molecular weight is 481 g/mol. The van der Waals surface area contributed by atoms with E-state index in [1.165, 1.54) is 11.1 Å². The maximum atomic E-state index is 13.0. The molecule has 2 aliphatic rings. The van der Waals surface area contributed by atoms with Crippen LogP contribution in [0.15, 0.2) is 46.4 Å². The van der Waals surface area contributed by atoms with Crippen LogP contribution in [-0.4, -0.2) is 60.4 Å². The van der Waals surface area contributed by atoms with Crippen molar-refractivity contribution in [1.82, 2.24) is 4.90 Å². The number of anilines is 1. The quantitative estimate of drug-likeness (QED) is 0.630. The predicted molar refractivity (Wildman–Crippen MR) is 140 cm³/mol. The highest BCUT2D eigenvalue weighted by Crippen LogP contribution is 2.36. The van der Waals surface area contributed by atoms with Gasteiger partial charge in [0, 0.05) is 37.6 Å². The summed E-state index contributed by atoms with van der Waals surface area (Å²) in [7, 11) is 3.18. The number of benzene rings is 2. The summed E-state index contributed by atoms with van der Waals surface area (Å²) in [4.78, 5) is 25.1. The Labute approximate surface area is 205 Å². The molecule has 1 saturated heterocycles. The highest BCUT2D eigenvalue weighted by molar-refractivity contribution is 8.15. The van der Waals surface area contributed by atoms with Gasteiger partial charge in [-0.2, -0.15) is 0 Å². The van der Waals surface area contributed by atoms with E-state index in [-0.39, 0.29) is 6.03 Å². The Morgan fingerprint density at radius 2 is 1.82 bits per heavy atom. The molecule has 34 heavy (non-hydrogen) atoms. The number of rotatable bonds is 5. The smallest absolute Gasteiger partial charge is 0.321 e. The molecule has 0 bridgehead atoms. The van der Waals surface area contributed by atoms with Gasteiger partial charge in [0.15, 0.2) is 5.66 Å². The zero-order valence-corrected chi connectivity index (χ0v) is 21.3. The molecule has 1 N–H and O–H groups in total. The number of likely N-dealkylation sites (tertiary alicyclic amines) is 1. The standard InChI is InChI=1S/C26H32N4O3S/c1-6-34-24-23(19-8-7-17(2)18(3)15-19)28-26(29-24)11-13-30(14-12-26)25(31)27-21-16-20(32-4)9-10-22(21)33-5/h7-10,15-16H,6,11-14H2,1-5H3,(H,27,31). The van der Waals surface area contributed by atoms with Gasteiger partial charge in [0.2, 0.25) is 0 Å². The van der Waals surface area contributed by atoms with Crippen molar-refractivity contribution in [2.75, 3.05) is 38.4 Å². The number of hydrogen-bond donors (Lipinski definition) is 1. The number of piperidine rings is 1. The van der Waals surface area contributed by atoms with Crippen LogP contribution in [0.3, 0.4) is 0 Å². The monoisotopic (exact) mass is 480 g/mol. The van der Waals surface area contributed by atoms with Crippen LogP contribution >= 0.6 is 11.8 Å². The number of nitrogens with one attached hydrogen (secondary N) is 1. The second-order valence-electron chi connectivity index (χ2n) is 8.58. The Bertz CT molecular complexity index is 1140. The molecule has 0 aliphatic carbocycles. The van der Waals surface area contributed by atoms with Crippen molar-refractivity contribution < 1.29 is 14.3 Å². The van der Waals surface area contributed by atoms with Crippen LogP contribution in [0, 0.1) is 13.8 Å². The van der Waals surface area contributed by atoms with Crippen molar-refractivity contribution in [3.8, 4) is 11.5 Å². The summed E-state index contributed by atoms with van der Waals surface area (Å²) in [6.45, 7) is 7.54. The van der Waals surface area contributed by atoms with E-state index in [0.29, 0.717) is 43.1 Å². The molecule has 7 nitrogen and oxygen atoms in total. The number of aryl methyl sites for hydroxylation is 2. The van der Waals surface area contributed by atoms with E-state index in [1.54, 1.807) is 44.2 Å². The van der Waals surface area contributed by atoms with Crippen molar-refractivity contribution in [3.63, 3.8) is 0 Å². The molecule has 2 heterocycles. The number of thioether (sulfide) groups is 1. The second-order valence-corrected chi connectivity index (χ2v) is 9.83. The van der Waals surface area contributed by atoms with E-state index in [1.807, 2.05) is 4.90 Å². The van der Waals surface area contributed by atoms with Gasteiger partial charge in [0.1, 0.15) is 16.5 Å². The molecule has 2 aromatic rings. The van der Waals surface area contributed by atoms with Crippen LogP contribution in [0.5, 0.6) is 11.5 Å². The number of amides is 2. The molecule has 1 spiro atoms. The number of nitrogens with zero attached hydrogens (tertiary/aromatic N) is 3. The van der Waals surface area contributed by atoms with Gasteiger partial charge < -0.3 is 19.7 Å². The minimum atomic E-state index is -0.490. The molecule has 0 atom stereocenters. The topological polar surface area (TPSA) is 75.5 Å². The van der Waals surface area contributed by atoms with E-state index >= 15 is 0 Å². The Balaban J connectivity index is 1.49. The molecule has 8 heteroatoms. The number of aliphatic imine (C=N–C) groups is 2. The summed E-state index contributed by atoms with van der Waals surface area (Å²) in [5, 5.41) is 3.97. The van der Waals surface area contributed by atoms with Gasteiger partial charge in [0.05, 0.1) is 25.6 Å². The molecule has 0 aromatic heterocycles.